The Labute approximate surface area is 57.8 Å². The highest BCUT2D eigenvalue weighted by Gasteiger charge is 1.93. The van der Waals surface area contributed by atoms with Crippen molar-refractivity contribution >= 4 is 12.0 Å². The Bertz CT molecular complexity index is 274. The Morgan fingerprint density at radius 3 is 2.70 bits per heavy atom. The quantitative estimate of drug-likeness (QED) is 0.536. The van der Waals surface area contributed by atoms with E-state index in [0.29, 0.717) is 0 Å². The summed E-state index contributed by atoms with van der Waals surface area (Å²) in [6, 6.07) is 6.03. The highest BCUT2D eigenvalue weighted by atomic mass is 19.1. The second-order valence-electron chi connectivity index (χ2n) is 1.78. The van der Waals surface area contributed by atoms with Gasteiger partial charge in [0.2, 0.25) is 0 Å². The zero-order chi connectivity index (χ0) is 7.40. The first-order chi connectivity index (χ1) is 4.84. The molecule has 0 bridgehead atoms. The number of halogens is 1. The average molecular weight is 136 g/mol. The third-order valence-corrected chi connectivity index (χ3v) is 1.12. The van der Waals surface area contributed by atoms with Crippen LogP contribution in [0.25, 0.3) is 6.08 Å². The molecule has 0 aliphatic carbocycles. The summed E-state index contributed by atoms with van der Waals surface area (Å²) in [6.07, 6.45) is 1.06. The van der Waals surface area contributed by atoms with Crippen LogP contribution in [0.4, 0.5) is 4.39 Å². The molecule has 0 atom stereocenters. The molecule has 50 valence electrons. The SMILES string of the molecule is O=C=Cc1ccccc1F. The molecule has 0 amide bonds. The van der Waals surface area contributed by atoms with Crippen LogP contribution in [0.3, 0.4) is 0 Å². The normalized spacial score (nSPS) is 8.50. The molecule has 0 unspecified atom stereocenters. The van der Waals surface area contributed by atoms with Gasteiger partial charge in [-0.3, -0.25) is 0 Å². The van der Waals surface area contributed by atoms with Crippen LogP contribution in [-0.2, 0) is 4.79 Å². The van der Waals surface area contributed by atoms with E-state index in [9.17, 15) is 9.18 Å². The van der Waals surface area contributed by atoms with Crippen molar-refractivity contribution in [1.29, 1.82) is 0 Å². The van der Waals surface area contributed by atoms with Gasteiger partial charge in [0.15, 0.2) is 0 Å². The minimum atomic E-state index is -0.397. The van der Waals surface area contributed by atoms with Crippen LogP contribution in [0.2, 0.25) is 0 Å². The standard InChI is InChI=1S/C8H5FO/c9-8-4-2-1-3-7(8)5-6-10/h1-5H. The molecule has 0 radical (unpaired) electrons. The molecule has 0 aliphatic heterocycles. The molecule has 1 aromatic carbocycles. The highest BCUT2D eigenvalue weighted by Crippen LogP contribution is 2.05. The lowest BCUT2D eigenvalue weighted by molar-refractivity contribution is 0.569. The molecule has 0 heterocycles. The van der Waals surface area contributed by atoms with E-state index in [1.54, 1.807) is 12.1 Å². The summed E-state index contributed by atoms with van der Waals surface area (Å²) >= 11 is 0. The second-order valence-corrected chi connectivity index (χ2v) is 1.78. The fourth-order valence-corrected chi connectivity index (χ4v) is 0.656. The van der Waals surface area contributed by atoms with Crippen LogP contribution in [0, 0.1) is 5.82 Å². The lowest BCUT2D eigenvalue weighted by atomic mass is 10.2. The summed E-state index contributed by atoms with van der Waals surface area (Å²) in [5.41, 5.74) is 0.275. The van der Waals surface area contributed by atoms with Crippen molar-refractivity contribution in [2.75, 3.05) is 0 Å². The first-order valence-corrected chi connectivity index (χ1v) is 2.80. The average Bonchev–Trinajstić information content (AvgIpc) is 1.94. The van der Waals surface area contributed by atoms with Crippen LogP contribution in [0.1, 0.15) is 5.56 Å². The van der Waals surface area contributed by atoms with Crippen LogP contribution >= 0.6 is 0 Å². The third-order valence-electron chi connectivity index (χ3n) is 1.12. The lowest BCUT2D eigenvalue weighted by Crippen LogP contribution is -1.78. The smallest absolute Gasteiger partial charge is 0.131 e. The topological polar surface area (TPSA) is 17.1 Å². The van der Waals surface area contributed by atoms with Gasteiger partial charge in [0, 0.05) is 11.6 Å². The van der Waals surface area contributed by atoms with Crippen LogP contribution in [-0.4, -0.2) is 5.94 Å². The Hall–Kier alpha value is -1.40. The van der Waals surface area contributed by atoms with Gasteiger partial charge in [0.1, 0.15) is 11.8 Å². The maximum atomic E-state index is 12.6. The molecule has 1 nitrogen and oxygen atoms in total. The van der Waals surface area contributed by atoms with Crippen LogP contribution < -0.4 is 0 Å². The summed E-state index contributed by atoms with van der Waals surface area (Å²) in [4.78, 5) is 9.78. The summed E-state index contributed by atoms with van der Waals surface area (Å²) < 4.78 is 12.6. The highest BCUT2D eigenvalue weighted by molar-refractivity contribution is 5.74. The maximum absolute atomic E-state index is 12.6. The van der Waals surface area contributed by atoms with Gasteiger partial charge in [-0.25, -0.2) is 9.18 Å². The van der Waals surface area contributed by atoms with Gasteiger partial charge in [-0.05, 0) is 6.07 Å². The minimum absolute atomic E-state index is 0.275. The monoisotopic (exact) mass is 136 g/mol. The van der Waals surface area contributed by atoms with Gasteiger partial charge in [-0.2, -0.15) is 0 Å². The first kappa shape index (κ1) is 6.72. The molecule has 1 rings (SSSR count). The van der Waals surface area contributed by atoms with Crippen molar-refractivity contribution in [2.24, 2.45) is 0 Å². The predicted molar refractivity (Wildman–Crippen MR) is 36.6 cm³/mol. The summed E-state index contributed by atoms with van der Waals surface area (Å²) in [6.45, 7) is 0. The van der Waals surface area contributed by atoms with E-state index in [-0.39, 0.29) is 5.56 Å². The summed E-state index contributed by atoms with van der Waals surface area (Å²) in [7, 11) is 0. The molecular weight excluding hydrogens is 131 g/mol. The third kappa shape index (κ3) is 1.30. The largest absolute Gasteiger partial charge is 0.233 e. The van der Waals surface area contributed by atoms with Gasteiger partial charge >= 0.3 is 0 Å². The molecule has 0 aromatic heterocycles. The fourth-order valence-electron chi connectivity index (χ4n) is 0.656. The van der Waals surface area contributed by atoms with E-state index in [1.807, 2.05) is 0 Å². The van der Waals surface area contributed by atoms with E-state index in [4.69, 9.17) is 0 Å². The van der Waals surface area contributed by atoms with Gasteiger partial charge in [-0.15, -0.1) is 0 Å². The Kier molecular flexibility index (Phi) is 1.98. The summed E-state index contributed by atoms with van der Waals surface area (Å²) in [5.74, 6) is 1.11. The molecule has 0 N–H and O–H groups in total. The number of hydrogen-bond acceptors (Lipinski definition) is 1. The zero-order valence-electron chi connectivity index (χ0n) is 5.17. The Morgan fingerprint density at radius 2 is 2.10 bits per heavy atom. The molecule has 0 fully saturated rings. The van der Waals surface area contributed by atoms with Crippen molar-refractivity contribution in [3.63, 3.8) is 0 Å². The lowest BCUT2D eigenvalue weighted by Gasteiger charge is -1.90. The molecule has 0 spiro atoms. The Morgan fingerprint density at radius 1 is 1.40 bits per heavy atom. The van der Waals surface area contributed by atoms with E-state index in [1.165, 1.54) is 18.1 Å². The van der Waals surface area contributed by atoms with Crippen molar-refractivity contribution in [1.82, 2.24) is 0 Å². The first-order valence-electron chi connectivity index (χ1n) is 2.80. The Balaban J connectivity index is 3.14. The molecular formula is C8H5FO. The van der Waals surface area contributed by atoms with Gasteiger partial charge in [0.25, 0.3) is 0 Å². The van der Waals surface area contributed by atoms with Crippen LogP contribution in [0.5, 0.6) is 0 Å². The summed E-state index contributed by atoms with van der Waals surface area (Å²) in [5, 5.41) is 0. The zero-order valence-corrected chi connectivity index (χ0v) is 5.17. The van der Waals surface area contributed by atoms with Gasteiger partial charge < -0.3 is 0 Å². The molecule has 0 saturated carbocycles. The molecule has 2 heteroatoms. The molecule has 0 aliphatic rings. The van der Waals surface area contributed by atoms with E-state index >= 15 is 0 Å². The number of rotatable bonds is 1. The van der Waals surface area contributed by atoms with Crippen molar-refractivity contribution < 1.29 is 9.18 Å². The van der Waals surface area contributed by atoms with E-state index < -0.39 is 5.82 Å². The molecule has 10 heavy (non-hydrogen) atoms. The van der Waals surface area contributed by atoms with Gasteiger partial charge in [0.05, 0.1) is 0 Å². The van der Waals surface area contributed by atoms with Crippen molar-refractivity contribution in [2.45, 2.75) is 0 Å². The van der Waals surface area contributed by atoms with E-state index in [0.717, 1.165) is 6.08 Å². The minimum Gasteiger partial charge on any atom is -0.233 e. The van der Waals surface area contributed by atoms with Crippen LogP contribution in [0.15, 0.2) is 24.3 Å². The van der Waals surface area contributed by atoms with Crippen molar-refractivity contribution in [3.8, 4) is 0 Å². The van der Waals surface area contributed by atoms with Gasteiger partial charge in [-0.1, -0.05) is 18.2 Å². The predicted octanol–water partition coefficient (Wildman–Crippen LogP) is 1.67. The maximum Gasteiger partial charge on any atom is 0.131 e. The van der Waals surface area contributed by atoms with Crippen molar-refractivity contribution in [3.05, 3.63) is 35.6 Å². The fraction of sp³-hybridized carbons (Fsp3) is 0. The molecule has 1 aromatic rings. The van der Waals surface area contributed by atoms with E-state index in [2.05, 4.69) is 0 Å². The number of hydrogen-bond donors (Lipinski definition) is 0. The second kappa shape index (κ2) is 2.95. The number of carbonyl (C=O) groups excluding carboxylic acids is 1. The number of benzene rings is 1. The molecule has 0 saturated heterocycles.